The van der Waals surface area contributed by atoms with Gasteiger partial charge in [-0.15, -0.1) is 11.8 Å². The number of benzene rings is 3. The van der Waals surface area contributed by atoms with Gasteiger partial charge in [-0.2, -0.15) is 0 Å². The fraction of sp³-hybridized carbons (Fsp3) is 0.333. The lowest BCUT2D eigenvalue weighted by Crippen LogP contribution is -2.51. The van der Waals surface area contributed by atoms with Crippen molar-refractivity contribution in [1.82, 2.24) is 10.2 Å². The summed E-state index contributed by atoms with van der Waals surface area (Å²) in [6.45, 7) is 4.86. The second-order valence-corrected chi connectivity index (χ2v) is 11.3. The molecule has 0 fully saturated rings. The van der Waals surface area contributed by atoms with Crippen LogP contribution in [0.15, 0.2) is 72.8 Å². The molecule has 0 heterocycles. The summed E-state index contributed by atoms with van der Waals surface area (Å²) in [6.07, 6.45) is 0.404. The van der Waals surface area contributed by atoms with Crippen LogP contribution < -0.4 is 10.1 Å². The largest absolute Gasteiger partial charge is 0.497 e. The van der Waals surface area contributed by atoms with Crippen molar-refractivity contribution in [2.45, 2.75) is 38.6 Å². The maximum absolute atomic E-state index is 13.7. The highest BCUT2D eigenvalue weighted by Crippen LogP contribution is 2.25. The maximum Gasteiger partial charge on any atom is 0.243 e. The summed E-state index contributed by atoms with van der Waals surface area (Å²) in [7, 11) is 1.63. The van der Waals surface area contributed by atoms with Crippen LogP contribution in [-0.2, 0) is 28.3 Å². The van der Waals surface area contributed by atoms with Crippen molar-refractivity contribution in [1.29, 1.82) is 0 Å². The number of carbonyl (C=O) groups excluding carboxylic acids is 2. The fourth-order valence-corrected chi connectivity index (χ4v) is 5.06. The van der Waals surface area contributed by atoms with E-state index in [0.29, 0.717) is 28.8 Å². The fourth-order valence-electron chi connectivity index (χ4n) is 3.87. The van der Waals surface area contributed by atoms with E-state index < -0.39 is 6.04 Å². The molecule has 3 aromatic carbocycles. The van der Waals surface area contributed by atoms with Crippen LogP contribution in [0, 0.1) is 5.92 Å². The monoisotopic (exact) mass is 572 g/mol. The topological polar surface area (TPSA) is 58.6 Å². The van der Waals surface area contributed by atoms with Crippen LogP contribution in [0.2, 0.25) is 10.0 Å². The SMILES string of the molecule is COc1ccc(CSCC(=O)N(Cc2ccc(Cl)c(Cl)c2)[C@@H](Cc2ccccc2)C(=O)NCC(C)C)cc1. The minimum absolute atomic E-state index is 0.116. The molecule has 0 radical (unpaired) electrons. The number of ether oxygens (including phenoxy) is 1. The highest BCUT2D eigenvalue weighted by atomic mass is 35.5. The van der Waals surface area contributed by atoms with Crippen molar-refractivity contribution in [3.05, 3.63) is 99.5 Å². The number of nitrogens with zero attached hydrogens (tertiary/aromatic N) is 1. The molecule has 0 bridgehead atoms. The lowest BCUT2D eigenvalue weighted by atomic mass is 10.0. The number of thioether (sulfide) groups is 1. The molecule has 1 N–H and O–H groups in total. The van der Waals surface area contributed by atoms with Crippen LogP contribution in [0.1, 0.15) is 30.5 Å². The molecule has 5 nitrogen and oxygen atoms in total. The zero-order valence-corrected chi connectivity index (χ0v) is 24.3. The van der Waals surface area contributed by atoms with Crippen LogP contribution in [0.25, 0.3) is 0 Å². The first-order chi connectivity index (χ1) is 18.3. The van der Waals surface area contributed by atoms with Gasteiger partial charge in [-0.05, 0) is 46.9 Å². The van der Waals surface area contributed by atoms with Crippen LogP contribution in [0.4, 0.5) is 0 Å². The molecule has 0 aromatic heterocycles. The minimum atomic E-state index is -0.681. The summed E-state index contributed by atoms with van der Waals surface area (Å²) in [5, 5.41) is 3.89. The van der Waals surface area contributed by atoms with Crippen LogP contribution >= 0.6 is 35.0 Å². The van der Waals surface area contributed by atoms with Crippen molar-refractivity contribution in [3.8, 4) is 5.75 Å². The molecular formula is C30H34Cl2N2O3S. The van der Waals surface area contributed by atoms with Gasteiger partial charge in [-0.25, -0.2) is 0 Å². The Morgan fingerprint density at radius 3 is 2.24 bits per heavy atom. The third-order valence-electron chi connectivity index (χ3n) is 5.95. The van der Waals surface area contributed by atoms with E-state index >= 15 is 0 Å². The van der Waals surface area contributed by atoms with Crippen LogP contribution in [-0.4, -0.2) is 42.2 Å². The Balaban J connectivity index is 1.84. The molecule has 0 aliphatic rings. The smallest absolute Gasteiger partial charge is 0.243 e. The predicted molar refractivity (Wildman–Crippen MR) is 158 cm³/mol. The summed E-state index contributed by atoms with van der Waals surface area (Å²) in [5.41, 5.74) is 2.88. The van der Waals surface area contributed by atoms with E-state index in [1.807, 2.05) is 74.5 Å². The van der Waals surface area contributed by atoms with E-state index in [2.05, 4.69) is 5.32 Å². The molecule has 1 atom stereocenters. The lowest BCUT2D eigenvalue weighted by molar-refractivity contribution is -0.139. The van der Waals surface area contributed by atoms with Gasteiger partial charge in [0.2, 0.25) is 11.8 Å². The molecule has 2 amide bonds. The normalized spacial score (nSPS) is 11.7. The van der Waals surface area contributed by atoms with E-state index in [9.17, 15) is 9.59 Å². The zero-order valence-electron chi connectivity index (χ0n) is 22.0. The summed E-state index contributed by atoms with van der Waals surface area (Å²) in [5.74, 6) is 1.69. The quantitative estimate of drug-likeness (QED) is 0.249. The number of nitrogens with one attached hydrogen (secondary N) is 1. The summed E-state index contributed by atoms with van der Waals surface area (Å²) in [4.78, 5) is 28.9. The maximum atomic E-state index is 13.7. The average Bonchev–Trinajstić information content (AvgIpc) is 2.92. The number of rotatable bonds is 13. The van der Waals surface area contributed by atoms with Crippen molar-refractivity contribution in [3.63, 3.8) is 0 Å². The molecule has 3 aromatic rings. The van der Waals surface area contributed by atoms with E-state index in [-0.39, 0.29) is 30.0 Å². The van der Waals surface area contributed by atoms with Gasteiger partial charge >= 0.3 is 0 Å². The Morgan fingerprint density at radius 2 is 1.61 bits per heavy atom. The van der Waals surface area contributed by atoms with Crippen molar-refractivity contribution in [2.24, 2.45) is 5.92 Å². The predicted octanol–water partition coefficient (Wildman–Crippen LogP) is 6.65. The van der Waals surface area contributed by atoms with Gasteiger partial charge in [-0.1, -0.05) is 85.6 Å². The standard InChI is InChI=1S/C30H34Cl2N2O3S/c1-21(2)17-33-30(36)28(16-22-7-5-4-6-8-22)34(18-24-11-14-26(31)27(32)15-24)29(35)20-38-19-23-9-12-25(37-3)13-10-23/h4-15,21,28H,16-20H2,1-3H3,(H,33,36)/t28-/m0/s1. The Bertz CT molecular complexity index is 1190. The first-order valence-electron chi connectivity index (χ1n) is 12.5. The molecule has 0 saturated heterocycles. The minimum Gasteiger partial charge on any atom is -0.497 e. The number of methoxy groups -OCH3 is 1. The van der Waals surface area contributed by atoms with Crippen molar-refractivity contribution >= 4 is 46.8 Å². The van der Waals surface area contributed by atoms with Gasteiger partial charge in [-0.3, -0.25) is 9.59 Å². The highest BCUT2D eigenvalue weighted by Gasteiger charge is 2.30. The van der Waals surface area contributed by atoms with Crippen LogP contribution in [0.5, 0.6) is 5.75 Å². The molecule has 0 unspecified atom stereocenters. The van der Waals surface area contributed by atoms with Gasteiger partial charge in [0.15, 0.2) is 0 Å². The Morgan fingerprint density at radius 1 is 0.921 bits per heavy atom. The van der Waals surface area contributed by atoms with E-state index in [1.165, 1.54) is 11.8 Å². The Kier molecular flexibility index (Phi) is 11.8. The molecule has 8 heteroatoms. The number of hydrogen-bond donors (Lipinski definition) is 1. The second-order valence-electron chi connectivity index (χ2n) is 9.46. The molecule has 0 saturated carbocycles. The molecule has 3 rings (SSSR count). The molecule has 202 valence electrons. The number of halogens is 2. The van der Waals surface area contributed by atoms with Gasteiger partial charge < -0.3 is 15.0 Å². The Hall–Kier alpha value is -2.67. The van der Waals surface area contributed by atoms with Gasteiger partial charge in [0.1, 0.15) is 11.8 Å². The third-order valence-corrected chi connectivity index (χ3v) is 7.67. The highest BCUT2D eigenvalue weighted by molar-refractivity contribution is 7.99. The van der Waals surface area contributed by atoms with Gasteiger partial charge in [0, 0.05) is 25.3 Å². The Labute approximate surface area is 239 Å². The first kappa shape index (κ1) is 29.9. The van der Waals surface area contributed by atoms with Gasteiger partial charge in [0.05, 0.1) is 22.9 Å². The third kappa shape index (κ3) is 9.26. The summed E-state index contributed by atoms with van der Waals surface area (Å²) in [6, 6.07) is 22.2. The van der Waals surface area contributed by atoms with E-state index in [1.54, 1.807) is 24.1 Å². The molecule has 0 aliphatic carbocycles. The summed E-state index contributed by atoms with van der Waals surface area (Å²) < 4.78 is 5.22. The molecular weight excluding hydrogens is 539 g/mol. The number of amides is 2. The zero-order chi connectivity index (χ0) is 27.5. The van der Waals surface area contributed by atoms with E-state index in [4.69, 9.17) is 27.9 Å². The molecule has 0 aliphatic heterocycles. The number of hydrogen-bond acceptors (Lipinski definition) is 4. The second kappa shape index (κ2) is 15.1. The first-order valence-corrected chi connectivity index (χ1v) is 14.4. The van der Waals surface area contributed by atoms with Crippen molar-refractivity contribution < 1.29 is 14.3 Å². The van der Waals surface area contributed by atoms with Gasteiger partial charge in [0.25, 0.3) is 0 Å². The lowest BCUT2D eigenvalue weighted by Gasteiger charge is -2.32. The van der Waals surface area contributed by atoms with Crippen molar-refractivity contribution in [2.75, 3.05) is 19.4 Å². The molecule has 0 spiro atoms. The van der Waals surface area contributed by atoms with Crippen LogP contribution in [0.3, 0.4) is 0 Å². The van der Waals surface area contributed by atoms with E-state index in [0.717, 1.165) is 22.4 Å². The molecule has 38 heavy (non-hydrogen) atoms. The average molecular weight is 574 g/mol. The summed E-state index contributed by atoms with van der Waals surface area (Å²) >= 11 is 13.9. The number of carbonyl (C=O) groups is 2.